The fourth-order valence-electron chi connectivity index (χ4n) is 6.18. The number of anilines is 2. The van der Waals surface area contributed by atoms with Gasteiger partial charge in [0.1, 0.15) is 0 Å². The monoisotopic (exact) mass is 550 g/mol. The fourth-order valence-corrected chi connectivity index (χ4v) is 6.18. The average molecular weight is 552 g/mol. The van der Waals surface area contributed by atoms with E-state index in [1.54, 1.807) is 0 Å². The quantitative estimate of drug-likeness (QED) is 0.205. The summed E-state index contributed by atoms with van der Waals surface area (Å²) in [6.45, 7) is 2.08. The number of pyridine rings is 2. The van der Waals surface area contributed by atoms with Gasteiger partial charge in [0.15, 0.2) is 0 Å². The van der Waals surface area contributed by atoms with E-state index < -0.39 is 0 Å². The molecule has 0 saturated heterocycles. The molecule has 2 aromatic heterocycles. The maximum absolute atomic E-state index is 4.97. The lowest BCUT2D eigenvalue weighted by atomic mass is 9.92. The van der Waals surface area contributed by atoms with Crippen LogP contribution in [-0.2, 0) is 25.7 Å². The molecule has 2 aliphatic carbocycles. The molecule has 0 amide bonds. The van der Waals surface area contributed by atoms with Crippen LogP contribution in [0.2, 0.25) is 0 Å². The summed E-state index contributed by atoms with van der Waals surface area (Å²) in [5, 5.41) is 10.2. The number of hydrogen-bond acceptors (Lipinski definition) is 4. The zero-order chi connectivity index (χ0) is 24.2. The van der Waals surface area contributed by atoms with E-state index in [0.717, 1.165) is 49.8 Å². The van der Waals surface area contributed by atoms with Crippen LogP contribution >= 0.6 is 24.8 Å². The molecule has 202 valence electrons. The number of nitrogens with one attached hydrogen (secondary N) is 2. The number of rotatable bonds is 9. The van der Waals surface area contributed by atoms with Crippen molar-refractivity contribution in [3.05, 3.63) is 71.0 Å². The van der Waals surface area contributed by atoms with E-state index in [1.807, 2.05) is 0 Å². The molecule has 4 nitrogen and oxygen atoms in total. The van der Waals surface area contributed by atoms with Gasteiger partial charge in [0.2, 0.25) is 0 Å². The van der Waals surface area contributed by atoms with Crippen LogP contribution in [0.15, 0.2) is 48.5 Å². The van der Waals surface area contributed by atoms with Crippen molar-refractivity contribution in [2.24, 2.45) is 0 Å². The van der Waals surface area contributed by atoms with Crippen molar-refractivity contribution in [3.8, 4) is 0 Å². The van der Waals surface area contributed by atoms with Crippen LogP contribution in [0.4, 0.5) is 11.4 Å². The molecule has 0 atom stereocenters. The van der Waals surface area contributed by atoms with Crippen LogP contribution in [-0.4, -0.2) is 23.1 Å². The number of halogens is 2. The predicted molar refractivity (Wildman–Crippen MR) is 167 cm³/mol. The Bertz CT molecular complexity index is 1270. The predicted octanol–water partition coefficient (Wildman–Crippen LogP) is 8.47. The minimum absolute atomic E-state index is 0. The summed E-state index contributed by atoms with van der Waals surface area (Å²) in [6.07, 6.45) is 14.6. The molecular formula is C32H40Cl2N4. The highest BCUT2D eigenvalue weighted by Crippen LogP contribution is 2.34. The van der Waals surface area contributed by atoms with Gasteiger partial charge in [-0.25, -0.2) is 0 Å². The molecule has 0 spiro atoms. The number of hydrogen-bond donors (Lipinski definition) is 2. The summed E-state index contributed by atoms with van der Waals surface area (Å²) in [6, 6.07) is 17.3. The molecule has 6 heteroatoms. The first-order valence-corrected chi connectivity index (χ1v) is 14.2. The number of unbranched alkanes of at least 4 members (excludes halogenated alkanes) is 3. The smallest absolute Gasteiger partial charge is 0.0726 e. The second kappa shape index (κ2) is 13.5. The van der Waals surface area contributed by atoms with Crippen molar-refractivity contribution >= 4 is 58.0 Å². The van der Waals surface area contributed by atoms with Gasteiger partial charge in [-0.2, -0.15) is 0 Å². The van der Waals surface area contributed by atoms with Crippen LogP contribution in [0.1, 0.15) is 73.9 Å². The van der Waals surface area contributed by atoms with Gasteiger partial charge in [-0.05, 0) is 87.5 Å². The molecule has 0 saturated carbocycles. The van der Waals surface area contributed by atoms with Crippen molar-refractivity contribution < 1.29 is 0 Å². The molecule has 0 unspecified atom stereocenters. The van der Waals surface area contributed by atoms with Gasteiger partial charge in [-0.3, -0.25) is 9.97 Å². The maximum Gasteiger partial charge on any atom is 0.0726 e. The highest BCUT2D eigenvalue weighted by atomic mass is 35.5. The first-order valence-electron chi connectivity index (χ1n) is 14.2. The molecule has 0 bridgehead atoms. The Morgan fingerprint density at radius 3 is 1.42 bits per heavy atom. The summed E-state index contributed by atoms with van der Waals surface area (Å²) in [5.74, 6) is 0. The summed E-state index contributed by atoms with van der Waals surface area (Å²) >= 11 is 0. The van der Waals surface area contributed by atoms with Gasteiger partial charge in [0.25, 0.3) is 0 Å². The second-order valence-electron chi connectivity index (χ2n) is 10.5. The summed E-state index contributed by atoms with van der Waals surface area (Å²) < 4.78 is 0. The lowest BCUT2D eigenvalue weighted by Crippen LogP contribution is -2.13. The molecule has 0 radical (unpaired) electrons. The number of nitrogens with zero attached hydrogens (tertiary/aromatic N) is 2. The molecule has 0 fully saturated rings. The molecule has 2 aromatic carbocycles. The number of para-hydroxylation sites is 2. The van der Waals surface area contributed by atoms with E-state index in [9.17, 15) is 0 Å². The first-order chi connectivity index (χ1) is 17.9. The lowest BCUT2D eigenvalue weighted by Gasteiger charge is -2.22. The van der Waals surface area contributed by atoms with Crippen molar-refractivity contribution in [2.45, 2.75) is 77.0 Å². The number of benzene rings is 2. The van der Waals surface area contributed by atoms with Crippen LogP contribution in [0.5, 0.6) is 0 Å². The first kappa shape index (κ1) is 28.4. The summed E-state index contributed by atoms with van der Waals surface area (Å²) in [4.78, 5) is 9.95. The van der Waals surface area contributed by atoms with Crippen molar-refractivity contribution in [3.63, 3.8) is 0 Å². The van der Waals surface area contributed by atoms with Crippen LogP contribution in [0, 0.1) is 0 Å². The topological polar surface area (TPSA) is 49.8 Å². The van der Waals surface area contributed by atoms with Gasteiger partial charge in [0.05, 0.1) is 11.0 Å². The zero-order valence-electron chi connectivity index (χ0n) is 22.2. The van der Waals surface area contributed by atoms with Crippen molar-refractivity contribution in [1.82, 2.24) is 9.97 Å². The highest BCUT2D eigenvalue weighted by molar-refractivity contribution is 5.94. The molecular weight excluding hydrogens is 511 g/mol. The van der Waals surface area contributed by atoms with Gasteiger partial charge in [-0.15, -0.1) is 24.8 Å². The number of aromatic nitrogens is 2. The SMILES string of the molecule is Cl.Cl.c1ccc2c(NCCCCCCNc3c4c(nc5ccccc35)CCCC4)c3c(nc2c1)CCCC3. The normalized spacial score (nSPS) is 14.2. The molecule has 4 aromatic rings. The largest absolute Gasteiger partial charge is 0.384 e. The van der Waals surface area contributed by atoms with Crippen molar-refractivity contribution in [1.29, 1.82) is 0 Å². The Labute approximate surface area is 239 Å². The summed E-state index contributed by atoms with van der Waals surface area (Å²) in [7, 11) is 0. The number of aryl methyl sites for hydroxylation is 2. The molecule has 2 N–H and O–H groups in total. The third-order valence-electron chi connectivity index (χ3n) is 8.05. The van der Waals surface area contributed by atoms with Crippen LogP contribution in [0.3, 0.4) is 0 Å². The third-order valence-corrected chi connectivity index (χ3v) is 8.05. The second-order valence-corrected chi connectivity index (χ2v) is 10.5. The third kappa shape index (κ3) is 6.02. The Balaban J connectivity index is 0.00000168. The minimum Gasteiger partial charge on any atom is -0.384 e. The molecule has 6 rings (SSSR count). The van der Waals surface area contributed by atoms with Crippen LogP contribution < -0.4 is 10.6 Å². The standard InChI is InChI=1S/C32H38N4.2ClH/c1(11-21-33-31-23-13-3-7-17-27(23)35-28-18-8-4-14-24(28)31)2-12-22-34-32-25-15-5-9-19-29(25)36-30-20-10-6-16-26(30)32;;/h3,5,7,9,13,15,17,19H,1-2,4,6,8,10-12,14,16,18,20-22H2,(H,33,35)(H,34,36);2*1H. The Hall–Kier alpha value is -2.56. The fraction of sp³-hybridized carbons (Fsp3) is 0.438. The summed E-state index contributed by atoms with van der Waals surface area (Å²) in [5.41, 5.74) is 10.6. The van der Waals surface area contributed by atoms with Crippen LogP contribution in [0.25, 0.3) is 21.8 Å². The molecule has 0 aliphatic heterocycles. The number of fused-ring (bicyclic) bond motifs is 4. The average Bonchev–Trinajstić information content (AvgIpc) is 2.93. The van der Waals surface area contributed by atoms with E-state index in [2.05, 4.69) is 59.2 Å². The van der Waals surface area contributed by atoms with Crippen molar-refractivity contribution in [2.75, 3.05) is 23.7 Å². The van der Waals surface area contributed by atoms with E-state index in [-0.39, 0.29) is 24.8 Å². The Morgan fingerprint density at radius 1 is 0.526 bits per heavy atom. The van der Waals surface area contributed by atoms with Gasteiger partial charge in [0, 0.05) is 46.6 Å². The Morgan fingerprint density at radius 2 is 0.947 bits per heavy atom. The van der Waals surface area contributed by atoms with Gasteiger partial charge in [-0.1, -0.05) is 49.2 Å². The van der Waals surface area contributed by atoms with E-state index in [4.69, 9.17) is 9.97 Å². The van der Waals surface area contributed by atoms with Gasteiger partial charge >= 0.3 is 0 Å². The molecule has 38 heavy (non-hydrogen) atoms. The van der Waals surface area contributed by atoms with E-state index in [1.165, 1.54) is 96.0 Å². The lowest BCUT2D eigenvalue weighted by molar-refractivity contribution is 0.660. The highest BCUT2D eigenvalue weighted by Gasteiger charge is 2.19. The maximum atomic E-state index is 4.97. The zero-order valence-corrected chi connectivity index (χ0v) is 23.9. The minimum atomic E-state index is 0. The van der Waals surface area contributed by atoms with Gasteiger partial charge < -0.3 is 10.6 Å². The molecule has 2 heterocycles. The van der Waals surface area contributed by atoms with E-state index >= 15 is 0 Å². The Kier molecular flexibility index (Phi) is 10.1. The van der Waals surface area contributed by atoms with E-state index in [0.29, 0.717) is 0 Å². The molecule has 2 aliphatic rings.